The van der Waals surface area contributed by atoms with Gasteiger partial charge in [-0.25, -0.2) is 4.98 Å². The second kappa shape index (κ2) is 6.74. The van der Waals surface area contributed by atoms with Gasteiger partial charge < -0.3 is 5.32 Å². The third-order valence-electron chi connectivity index (χ3n) is 3.69. The fourth-order valence-corrected chi connectivity index (χ4v) is 2.72. The SMILES string of the molecule is CCCCN1CCC[C@@H]1c1ccc(NCC)nc1. The molecule has 2 heterocycles. The Morgan fingerprint density at radius 2 is 2.28 bits per heavy atom. The molecule has 2 rings (SSSR count). The van der Waals surface area contributed by atoms with Crippen LogP contribution in [-0.2, 0) is 0 Å². The van der Waals surface area contributed by atoms with E-state index in [0.717, 1.165) is 12.4 Å². The number of hydrogen-bond acceptors (Lipinski definition) is 3. The molecule has 3 nitrogen and oxygen atoms in total. The molecule has 0 saturated carbocycles. The number of unbranched alkanes of at least 4 members (excludes halogenated alkanes) is 1. The van der Waals surface area contributed by atoms with Crippen LogP contribution in [0.2, 0.25) is 0 Å². The Balaban J connectivity index is 2.00. The zero-order valence-corrected chi connectivity index (χ0v) is 11.7. The average molecular weight is 247 g/mol. The minimum atomic E-state index is 0.597. The molecule has 18 heavy (non-hydrogen) atoms. The van der Waals surface area contributed by atoms with Gasteiger partial charge in [0.1, 0.15) is 5.82 Å². The Morgan fingerprint density at radius 3 is 2.94 bits per heavy atom. The molecule has 1 fully saturated rings. The largest absolute Gasteiger partial charge is 0.370 e. The van der Waals surface area contributed by atoms with E-state index >= 15 is 0 Å². The predicted octanol–water partition coefficient (Wildman–Crippen LogP) is 3.45. The van der Waals surface area contributed by atoms with Crippen LogP contribution in [-0.4, -0.2) is 29.5 Å². The first-order valence-electron chi connectivity index (χ1n) is 7.29. The first-order chi connectivity index (χ1) is 8.85. The lowest BCUT2D eigenvalue weighted by Gasteiger charge is -2.24. The van der Waals surface area contributed by atoms with Crippen LogP contribution in [0.3, 0.4) is 0 Å². The topological polar surface area (TPSA) is 28.2 Å². The maximum absolute atomic E-state index is 4.49. The number of rotatable bonds is 6. The van der Waals surface area contributed by atoms with Crippen molar-refractivity contribution in [1.82, 2.24) is 9.88 Å². The van der Waals surface area contributed by atoms with Crippen molar-refractivity contribution >= 4 is 5.82 Å². The Kier molecular flexibility index (Phi) is 5.00. The summed E-state index contributed by atoms with van der Waals surface area (Å²) in [6.45, 7) is 7.77. The summed E-state index contributed by atoms with van der Waals surface area (Å²) in [5.74, 6) is 0.986. The number of likely N-dealkylation sites (tertiary alicyclic amines) is 1. The fourth-order valence-electron chi connectivity index (χ4n) is 2.72. The summed E-state index contributed by atoms with van der Waals surface area (Å²) in [5, 5.41) is 3.25. The van der Waals surface area contributed by atoms with Gasteiger partial charge in [0.15, 0.2) is 0 Å². The van der Waals surface area contributed by atoms with E-state index < -0.39 is 0 Å². The van der Waals surface area contributed by atoms with E-state index in [1.54, 1.807) is 0 Å². The number of aromatic nitrogens is 1. The van der Waals surface area contributed by atoms with Crippen molar-refractivity contribution in [2.24, 2.45) is 0 Å². The van der Waals surface area contributed by atoms with Gasteiger partial charge in [-0.3, -0.25) is 4.90 Å². The van der Waals surface area contributed by atoms with Gasteiger partial charge in [-0.15, -0.1) is 0 Å². The van der Waals surface area contributed by atoms with Crippen LogP contribution >= 0.6 is 0 Å². The molecule has 1 aliphatic rings. The van der Waals surface area contributed by atoms with Gasteiger partial charge in [-0.2, -0.15) is 0 Å². The Bertz CT molecular complexity index is 347. The second-order valence-corrected chi connectivity index (χ2v) is 5.05. The minimum Gasteiger partial charge on any atom is -0.370 e. The normalized spacial score (nSPS) is 20.2. The van der Waals surface area contributed by atoms with Gasteiger partial charge in [-0.05, 0) is 50.9 Å². The molecule has 0 radical (unpaired) electrons. The van der Waals surface area contributed by atoms with Crippen LogP contribution in [0.15, 0.2) is 18.3 Å². The highest BCUT2D eigenvalue weighted by Crippen LogP contribution is 2.31. The summed E-state index contributed by atoms with van der Waals surface area (Å²) < 4.78 is 0. The quantitative estimate of drug-likeness (QED) is 0.834. The van der Waals surface area contributed by atoms with E-state index in [2.05, 4.69) is 41.2 Å². The Hall–Kier alpha value is -1.09. The molecule has 1 N–H and O–H groups in total. The molecule has 0 unspecified atom stereocenters. The zero-order valence-electron chi connectivity index (χ0n) is 11.7. The van der Waals surface area contributed by atoms with Crippen molar-refractivity contribution in [3.63, 3.8) is 0 Å². The van der Waals surface area contributed by atoms with Crippen LogP contribution in [0, 0.1) is 0 Å². The van der Waals surface area contributed by atoms with E-state index in [4.69, 9.17) is 0 Å². The van der Waals surface area contributed by atoms with Crippen molar-refractivity contribution in [3.8, 4) is 0 Å². The summed E-state index contributed by atoms with van der Waals surface area (Å²) in [6.07, 6.45) is 7.24. The van der Waals surface area contributed by atoms with Crippen molar-refractivity contribution < 1.29 is 0 Å². The molecular formula is C15H25N3. The molecule has 1 atom stereocenters. The van der Waals surface area contributed by atoms with E-state index in [9.17, 15) is 0 Å². The van der Waals surface area contributed by atoms with Crippen LogP contribution in [0.4, 0.5) is 5.82 Å². The van der Waals surface area contributed by atoms with Crippen molar-refractivity contribution in [2.45, 2.75) is 45.6 Å². The monoisotopic (exact) mass is 247 g/mol. The molecule has 0 spiro atoms. The van der Waals surface area contributed by atoms with Gasteiger partial charge in [-0.1, -0.05) is 19.4 Å². The second-order valence-electron chi connectivity index (χ2n) is 5.05. The van der Waals surface area contributed by atoms with Gasteiger partial charge in [0.2, 0.25) is 0 Å². The number of nitrogens with one attached hydrogen (secondary N) is 1. The lowest BCUT2D eigenvalue weighted by atomic mass is 10.1. The van der Waals surface area contributed by atoms with Crippen LogP contribution in [0.5, 0.6) is 0 Å². The van der Waals surface area contributed by atoms with E-state index in [1.165, 1.54) is 44.3 Å². The first-order valence-corrected chi connectivity index (χ1v) is 7.29. The molecule has 0 aromatic carbocycles. The van der Waals surface area contributed by atoms with Crippen molar-refractivity contribution in [1.29, 1.82) is 0 Å². The molecule has 0 bridgehead atoms. The molecule has 1 aliphatic heterocycles. The van der Waals surface area contributed by atoms with Gasteiger partial charge >= 0.3 is 0 Å². The highest BCUT2D eigenvalue weighted by molar-refractivity contribution is 5.36. The fraction of sp³-hybridized carbons (Fsp3) is 0.667. The maximum Gasteiger partial charge on any atom is 0.125 e. The minimum absolute atomic E-state index is 0.597. The lowest BCUT2D eigenvalue weighted by molar-refractivity contribution is 0.253. The predicted molar refractivity (Wildman–Crippen MR) is 76.9 cm³/mol. The number of pyridine rings is 1. The molecule has 1 saturated heterocycles. The highest BCUT2D eigenvalue weighted by Gasteiger charge is 2.25. The summed E-state index contributed by atoms with van der Waals surface area (Å²) in [6, 6.07) is 4.94. The van der Waals surface area contributed by atoms with Gasteiger partial charge in [0.05, 0.1) is 0 Å². The smallest absolute Gasteiger partial charge is 0.125 e. The third-order valence-corrected chi connectivity index (χ3v) is 3.69. The molecule has 3 heteroatoms. The Labute approximate surface area is 111 Å². The van der Waals surface area contributed by atoms with Gasteiger partial charge in [0, 0.05) is 18.8 Å². The third kappa shape index (κ3) is 3.22. The molecular weight excluding hydrogens is 222 g/mol. The van der Waals surface area contributed by atoms with E-state index in [0.29, 0.717) is 6.04 Å². The average Bonchev–Trinajstić information content (AvgIpc) is 2.86. The van der Waals surface area contributed by atoms with Crippen molar-refractivity contribution in [2.75, 3.05) is 25.0 Å². The van der Waals surface area contributed by atoms with Crippen LogP contribution < -0.4 is 5.32 Å². The molecule has 0 aliphatic carbocycles. The molecule has 1 aromatic heterocycles. The number of hydrogen-bond donors (Lipinski definition) is 1. The maximum atomic E-state index is 4.49. The van der Waals surface area contributed by atoms with E-state index in [1.807, 2.05) is 6.20 Å². The zero-order chi connectivity index (χ0) is 12.8. The van der Waals surface area contributed by atoms with Gasteiger partial charge in [0.25, 0.3) is 0 Å². The number of nitrogens with zero attached hydrogens (tertiary/aromatic N) is 2. The molecule has 100 valence electrons. The van der Waals surface area contributed by atoms with Crippen LogP contribution in [0.25, 0.3) is 0 Å². The molecule has 1 aromatic rings. The van der Waals surface area contributed by atoms with Crippen LogP contribution in [0.1, 0.15) is 51.1 Å². The van der Waals surface area contributed by atoms with E-state index in [-0.39, 0.29) is 0 Å². The van der Waals surface area contributed by atoms with Crippen molar-refractivity contribution in [3.05, 3.63) is 23.9 Å². The number of anilines is 1. The summed E-state index contributed by atoms with van der Waals surface area (Å²) in [4.78, 5) is 7.11. The molecule has 0 amide bonds. The summed E-state index contributed by atoms with van der Waals surface area (Å²) in [7, 11) is 0. The Morgan fingerprint density at radius 1 is 1.39 bits per heavy atom. The first kappa shape index (κ1) is 13.3. The standard InChI is InChI=1S/C15H25N3/c1-3-5-10-18-11-6-7-14(18)13-8-9-15(16-4-2)17-12-13/h8-9,12,14H,3-7,10-11H2,1-2H3,(H,16,17)/t14-/m1/s1. The summed E-state index contributed by atoms with van der Waals surface area (Å²) >= 11 is 0. The summed E-state index contributed by atoms with van der Waals surface area (Å²) in [5.41, 5.74) is 1.38. The lowest BCUT2D eigenvalue weighted by Crippen LogP contribution is -2.24. The highest BCUT2D eigenvalue weighted by atomic mass is 15.2.